The number of aromatic nitrogens is 1. The molecule has 7 rings (SSSR count). The third kappa shape index (κ3) is 11.1. The number of benzene rings is 3. The van der Waals surface area contributed by atoms with Crippen molar-refractivity contribution in [2.45, 2.75) is 119 Å². The van der Waals surface area contributed by atoms with E-state index in [4.69, 9.17) is 46.6 Å². The highest BCUT2D eigenvalue weighted by Gasteiger charge is 2.52. The SMILES string of the molecule is COc1ccc(-c2cc(-c3ccc(S(=O)(=O)O)cc3)[n+](CC3OC(OC4C(N)CC(N)C(OC5OC(CO)C(O)C(N)C5O)C4O)C(N)C(O)C3O)c(-c3ccc(S(=O)(=O)O)cc3)c2)cc1S(=O)(=O)O. The Kier molecular flexibility index (Phi) is 15.9. The van der Waals surface area contributed by atoms with Crippen molar-refractivity contribution in [1.29, 1.82) is 0 Å². The molecule has 25 nitrogen and oxygen atoms in total. The van der Waals surface area contributed by atoms with E-state index in [2.05, 4.69) is 0 Å². The van der Waals surface area contributed by atoms with E-state index in [-0.39, 0.29) is 45.8 Å². The summed E-state index contributed by atoms with van der Waals surface area (Å²) in [5.74, 6) is -0.206. The lowest BCUT2D eigenvalue weighted by atomic mass is 9.84. The summed E-state index contributed by atoms with van der Waals surface area (Å²) in [4.78, 5) is -1.60. The van der Waals surface area contributed by atoms with E-state index in [0.29, 0.717) is 0 Å². The summed E-state index contributed by atoms with van der Waals surface area (Å²) in [6.07, 6.45) is -17.4. The summed E-state index contributed by atoms with van der Waals surface area (Å²) in [6.45, 7) is -1.16. The predicted molar refractivity (Wildman–Crippen MR) is 240 cm³/mol. The van der Waals surface area contributed by atoms with E-state index in [1.807, 2.05) is 0 Å². The van der Waals surface area contributed by atoms with Gasteiger partial charge in [-0.25, -0.2) is 0 Å². The fourth-order valence-corrected chi connectivity index (χ4v) is 10.3. The maximum Gasteiger partial charge on any atom is 0.298 e. The van der Waals surface area contributed by atoms with Gasteiger partial charge in [0.15, 0.2) is 19.1 Å². The molecule has 0 amide bonds. The van der Waals surface area contributed by atoms with E-state index in [1.54, 1.807) is 0 Å². The van der Waals surface area contributed by atoms with Gasteiger partial charge in [-0.2, -0.15) is 29.8 Å². The van der Waals surface area contributed by atoms with Crippen LogP contribution in [-0.4, -0.2) is 175 Å². The van der Waals surface area contributed by atoms with Gasteiger partial charge < -0.3 is 77.3 Å². The number of aliphatic hydroxyl groups excluding tert-OH is 6. The maximum atomic E-state index is 12.5. The number of nitrogens with two attached hydrogens (primary N) is 4. The third-order valence-corrected chi connectivity index (χ3v) is 15.1. The quantitative estimate of drug-likeness (QED) is 0.0430. The van der Waals surface area contributed by atoms with Crippen LogP contribution in [0.2, 0.25) is 0 Å². The van der Waals surface area contributed by atoms with Crippen LogP contribution in [0.5, 0.6) is 5.75 Å². The van der Waals surface area contributed by atoms with Crippen LogP contribution in [-0.2, 0) is 55.8 Å². The first-order valence-electron chi connectivity index (χ1n) is 21.3. The topological polar surface area (TPSA) is 439 Å². The van der Waals surface area contributed by atoms with E-state index in [9.17, 15) is 69.6 Å². The zero-order valence-electron chi connectivity index (χ0n) is 36.8. The van der Waals surface area contributed by atoms with E-state index >= 15 is 0 Å². The Hall–Kier alpha value is -4.22. The van der Waals surface area contributed by atoms with Crippen LogP contribution < -0.4 is 32.2 Å². The van der Waals surface area contributed by atoms with Crippen LogP contribution in [0, 0.1) is 0 Å². The molecule has 15 unspecified atom stereocenters. The normalized spacial score (nSPS) is 32.1. The minimum absolute atomic E-state index is 0.0779. The van der Waals surface area contributed by atoms with Gasteiger partial charge in [-0.3, -0.25) is 13.7 Å². The monoisotopic (exact) mass is 1040 g/mol. The Balaban J connectivity index is 1.31. The lowest BCUT2D eigenvalue weighted by Gasteiger charge is -2.48. The van der Waals surface area contributed by atoms with Gasteiger partial charge >= 0.3 is 0 Å². The Labute approximate surface area is 401 Å². The highest BCUT2D eigenvalue weighted by molar-refractivity contribution is 7.86. The van der Waals surface area contributed by atoms with Crippen molar-refractivity contribution in [2.24, 2.45) is 22.9 Å². The van der Waals surface area contributed by atoms with Crippen LogP contribution in [0.4, 0.5) is 0 Å². The fraction of sp³-hybridized carbons (Fsp3) is 0.452. The molecule has 0 spiro atoms. The average molecular weight is 1050 g/mol. The van der Waals surface area contributed by atoms with Crippen LogP contribution in [0.25, 0.3) is 33.6 Å². The Morgan fingerprint density at radius 1 is 0.571 bits per heavy atom. The standard InChI is InChI=1S/C42H53N5O20S3/c1-63-28-11-6-20(14-31(28)70(60,61)62)21-12-26(18-2-7-22(8-3-18)68(54,55)56)47(27(13-21)19-4-9-23(10-5-19)69(57,58)59)16-29-35(50)36(51)33(46)41(64-29)66-39-24(43)15-25(44)40(38(39)53)67-42-37(52)32(45)34(49)30(17-48)65-42/h2-14,24-25,29-30,32-42,48-53H,15-17,43-46H2,1H3,(H2-,54,55,56,57,58,59,60,61,62)/p+1. The number of hydrogen-bond donors (Lipinski definition) is 13. The smallest absolute Gasteiger partial charge is 0.298 e. The molecule has 70 heavy (non-hydrogen) atoms. The lowest BCUT2D eigenvalue weighted by Crippen LogP contribution is -2.69. The van der Waals surface area contributed by atoms with E-state index < -0.39 is 150 Å². The molecule has 3 aromatic carbocycles. The molecule has 28 heteroatoms. The second-order valence-corrected chi connectivity index (χ2v) is 21.3. The number of methoxy groups -OCH3 is 1. The van der Waals surface area contributed by atoms with Crippen molar-refractivity contribution in [3.8, 4) is 39.4 Å². The van der Waals surface area contributed by atoms with Gasteiger partial charge in [0, 0.05) is 35.3 Å². The van der Waals surface area contributed by atoms with Crippen LogP contribution >= 0.6 is 0 Å². The molecule has 1 aliphatic carbocycles. The summed E-state index contributed by atoms with van der Waals surface area (Å²) in [5.41, 5.74) is 26.2. The number of hydrogen-bond acceptors (Lipinski definition) is 21. The fourth-order valence-electron chi connectivity index (χ4n) is 8.70. The molecule has 3 heterocycles. The van der Waals surface area contributed by atoms with Crippen molar-refractivity contribution in [1.82, 2.24) is 0 Å². The Morgan fingerprint density at radius 3 is 1.53 bits per heavy atom. The first-order chi connectivity index (χ1) is 32.7. The number of nitrogens with zero attached hydrogens (tertiary/aromatic N) is 1. The molecule has 17 N–H and O–H groups in total. The van der Waals surface area contributed by atoms with Crippen LogP contribution in [0.1, 0.15) is 6.42 Å². The molecule has 1 saturated carbocycles. The minimum atomic E-state index is -4.88. The number of ether oxygens (including phenoxy) is 5. The molecule has 2 saturated heterocycles. The summed E-state index contributed by atoms with van der Waals surface area (Å²) in [7, 11) is -13.1. The van der Waals surface area contributed by atoms with Gasteiger partial charge in [-0.15, -0.1) is 0 Å². The molecule has 2 aliphatic heterocycles. The van der Waals surface area contributed by atoms with Crippen molar-refractivity contribution in [2.75, 3.05) is 13.7 Å². The van der Waals surface area contributed by atoms with Gasteiger partial charge in [0.2, 0.25) is 11.4 Å². The molecule has 15 atom stereocenters. The molecular weight excluding hydrogens is 991 g/mol. The molecule has 384 valence electrons. The molecule has 3 fully saturated rings. The zero-order chi connectivity index (χ0) is 51.4. The summed E-state index contributed by atoms with van der Waals surface area (Å²) in [6, 6.07) is 11.5. The summed E-state index contributed by atoms with van der Waals surface area (Å²) in [5, 5.41) is 65.6. The van der Waals surface area contributed by atoms with Crippen molar-refractivity contribution in [3.05, 3.63) is 78.9 Å². The molecule has 1 aromatic heterocycles. The predicted octanol–water partition coefficient (Wildman–Crippen LogP) is -3.55. The summed E-state index contributed by atoms with van der Waals surface area (Å²) < 4.78 is 134. The Morgan fingerprint density at radius 2 is 1.06 bits per heavy atom. The van der Waals surface area contributed by atoms with E-state index in [0.717, 1.165) is 30.3 Å². The molecule has 0 bridgehead atoms. The first-order valence-corrected chi connectivity index (χ1v) is 25.6. The largest absolute Gasteiger partial charge is 0.495 e. The van der Waals surface area contributed by atoms with Crippen LogP contribution in [0.15, 0.2) is 93.5 Å². The number of pyridine rings is 1. The van der Waals surface area contributed by atoms with Gasteiger partial charge in [0.25, 0.3) is 30.4 Å². The molecule has 3 aliphatic rings. The average Bonchev–Trinajstić information content (AvgIpc) is 3.31. The first kappa shape index (κ1) is 53.6. The van der Waals surface area contributed by atoms with Crippen molar-refractivity contribution < 1.29 is 97.8 Å². The van der Waals surface area contributed by atoms with Gasteiger partial charge in [0.05, 0.1) is 35.6 Å². The lowest BCUT2D eigenvalue weighted by molar-refractivity contribution is -0.686. The number of aliphatic hydroxyl groups is 6. The second kappa shape index (κ2) is 20.7. The van der Waals surface area contributed by atoms with Gasteiger partial charge in [-0.05, 0) is 78.2 Å². The van der Waals surface area contributed by atoms with Gasteiger partial charge in [-0.1, -0.05) is 6.07 Å². The third-order valence-electron chi connectivity index (χ3n) is 12.5. The highest BCUT2D eigenvalue weighted by atomic mass is 32.2. The Bertz CT molecular complexity index is 2770. The minimum Gasteiger partial charge on any atom is -0.495 e. The molecule has 0 radical (unpaired) electrons. The highest BCUT2D eigenvalue weighted by Crippen LogP contribution is 2.36. The van der Waals surface area contributed by atoms with Gasteiger partial charge in [0.1, 0.15) is 65.6 Å². The second-order valence-electron chi connectivity index (χ2n) is 17.1. The maximum absolute atomic E-state index is 12.5. The van der Waals surface area contributed by atoms with Crippen LogP contribution in [0.3, 0.4) is 0 Å². The zero-order valence-corrected chi connectivity index (χ0v) is 39.2. The van der Waals surface area contributed by atoms with Crippen molar-refractivity contribution in [3.63, 3.8) is 0 Å². The number of rotatable bonds is 14. The molecular formula is C42H54N5O20S3+. The summed E-state index contributed by atoms with van der Waals surface area (Å²) >= 11 is 0. The van der Waals surface area contributed by atoms with Crippen molar-refractivity contribution >= 4 is 30.4 Å². The van der Waals surface area contributed by atoms with E-state index in [1.165, 1.54) is 60.2 Å². The molecule has 4 aromatic rings.